The highest BCUT2D eigenvalue weighted by Gasteiger charge is 2.05. The average Bonchev–Trinajstić information content (AvgIpc) is 2.23. The van der Waals surface area contributed by atoms with Gasteiger partial charge in [-0.1, -0.05) is 6.07 Å². The van der Waals surface area contributed by atoms with Crippen molar-refractivity contribution in [3.8, 4) is 5.75 Å². The van der Waals surface area contributed by atoms with E-state index in [0.717, 1.165) is 16.5 Å². The fourth-order valence-electron chi connectivity index (χ4n) is 1.44. The van der Waals surface area contributed by atoms with Crippen molar-refractivity contribution in [2.75, 3.05) is 0 Å². The van der Waals surface area contributed by atoms with Gasteiger partial charge in [-0.05, 0) is 30.7 Å². The Labute approximate surface area is 82.7 Å². The number of hydrogen-bond donors (Lipinski definition) is 1. The molecular weight excluding hydrogens is 177 g/mol. The molecule has 4 heteroatoms. The highest BCUT2D eigenvalue weighted by molar-refractivity contribution is 6.18. The second kappa shape index (κ2) is 3.68. The lowest BCUT2D eigenvalue weighted by atomic mass is 10.1. The largest absolute Gasteiger partial charge is 0.569 e. The van der Waals surface area contributed by atoms with Crippen LogP contribution in [0, 0.1) is 6.92 Å². The van der Waals surface area contributed by atoms with Crippen LogP contribution in [0.5, 0.6) is 5.75 Å². The monoisotopic (exact) mass is 186 g/mol. The first-order valence-electron chi connectivity index (χ1n) is 4.30. The summed E-state index contributed by atoms with van der Waals surface area (Å²) in [5.41, 5.74) is 1.82. The van der Waals surface area contributed by atoms with Gasteiger partial charge in [-0.3, -0.25) is 4.98 Å². The van der Waals surface area contributed by atoms with Gasteiger partial charge in [0.1, 0.15) is 5.75 Å². The first-order chi connectivity index (χ1) is 6.83. The molecule has 0 saturated carbocycles. The minimum Gasteiger partial charge on any atom is -0.537 e. The summed E-state index contributed by atoms with van der Waals surface area (Å²) in [7, 11) is 0.689. The van der Waals surface area contributed by atoms with E-state index in [1.807, 2.05) is 31.2 Å². The molecule has 0 unspecified atom stereocenters. The lowest BCUT2D eigenvalue weighted by Gasteiger charge is -2.08. The van der Waals surface area contributed by atoms with Crippen LogP contribution in [0.3, 0.4) is 0 Å². The normalized spacial score (nSPS) is 10.1. The van der Waals surface area contributed by atoms with E-state index in [-0.39, 0.29) is 0 Å². The zero-order chi connectivity index (χ0) is 9.97. The lowest BCUT2D eigenvalue weighted by Crippen LogP contribution is -2.02. The molecule has 0 atom stereocenters. The molecule has 0 aliphatic rings. The van der Waals surface area contributed by atoms with E-state index in [2.05, 4.69) is 4.98 Å². The van der Waals surface area contributed by atoms with Crippen molar-refractivity contribution in [1.82, 2.24) is 4.98 Å². The molecule has 0 amide bonds. The summed E-state index contributed by atoms with van der Waals surface area (Å²) in [4.78, 5) is 4.19. The fraction of sp³-hybridized carbons (Fsp3) is 0.100. The lowest BCUT2D eigenvalue weighted by molar-refractivity contribution is 0.455. The van der Waals surface area contributed by atoms with Gasteiger partial charge < -0.3 is 9.68 Å². The molecule has 69 valence electrons. The second-order valence-electron chi connectivity index (χ2n) is 3.00. The Morgan fingerprint density at radius 3 is 3.00 bits per heavy atom. The van der Waals surface area contributed by atoms with Crippen molar-refractivity contribution >= 4 is 18.6 Å². The number of pyridine rings is 1. The quantitative estimate of drug-likeness (QED) is 0.721. The first kappa shape index (κ1) is 9.03. The van der Waals surface area contributed by atoms with Crippen LogP contribution in [-0.4, -0.2) is 17.7 Å². The molecule has 1 aromatic carbocycles. The van der Waals surface area contributed by atoms with E-state index >= 15 is 0 Å². The van der Waals surface area contributed by atoms with Gasteiger partial charge in [0.2, 0.25) is 0 Å². The third-order valence-electron chi connectivity index (χ3n) is 2.10. The standard InChI is InChI=1S/C10H9BNO2/c1-7-4-5-9-8(3-2-6-12-9)10(7)14-11-13/h2-6,13H,1H3. The van der Waals surface area contributed by atoms with Crippen molar-refractivity contribution in [1.29, 1.82) is 0 Å². The van der Waals surface area contributed by atoms with E-state index in [1.165, 1.54) is 0 Å². The number of aromatic nitrogens is 1. The maximum Gasteiger partial charge on any atom is 0.569 e. The number of rotatable bonds is 2. The summed E-state index contributed by atoms with van der Waals surface area (Å²) in [5.74, 6) is 0.651. The molecule has 1 aromatic heterocycles. The first-order valence-corrected chi connectivity index (χ1v) is 4.30. The summed E-state index contributed by atoms with van der Waals surface area (Å²) in [6.07, 6.45) is 1.73. The Kier molecular flexibility index (Phi) is 2.37. The number of fused-ring (bicyclic) bond motifs is 1. The molecule has 1 N–H and O–H groups in total. The summed E-state index contributed by atoms with van der Waals surface area (Å²) in [5, 5.41) is 9.54. The maximum absolute atomic E-state index is 8.64. The third-order valence-corrected chi connectivity index (χ3v) is 2.10. The number of aryl methyl sites for hydroxylation is 1. The van der Waals surface area contributed by atoms with Gasteiger partial charge in [-0.15, -0.1) is 0 Å². The van der Waals surface area contributed by atoms with Gasteiger partial charge in [-0.2, -0.15) is 0 Å². The van der Waals surface area contributed by atoms with Gasteiger partial charge in [-0.25, -0.2) is 0 Å². The molecule has 0 aliphatic heterocycles. The highest BCUT2D eigenvalue weighted by atomic mass is 16.5. The zero-order valence-electron chi connectivity index (χ0n) is 7.77. The maximum atomic E-state index is 8.64. The molecule has 1 radical (unpaired) electrons. The molecule has 0 bridgehead atoms. The topological polar surface area (TPSA) is 42.4 Å². The SMILES string of the molecule is Cc1ccc2ncccc2c1O[B]O. The summed E-state index contributed by atoms with van der Waals surface area (Å²) in [6.45, 7) is 1.92. The van der Waals surface area contributed by atoms with Gasteiger partial charge >= 0.3 is 7.69 Å². The summed E-state index contributed by atoms with van der Waals surface area (Å²) >= 11 is 0. The van der Waals surface area contributed by atoms with Crippen LogP contribution in [0.15, 0.2) is 30.5 Å². The van der Waals surface area contributed by atoms with Crippen LogP contribution in [-0.2, 0) is 0 Å². The van der Waals surface area contributed by atoms with Crippen LogP contribution >= 0.6 is 0 Å². The molecule has 2 rings (SSSR count). The Balaban J connectivity index is 2.69. The molecule has 3 nitrogen and oxygen atoms in total. The minimum absolute atomic E-state index is 0.651. The predicted octanol–water partition coefficient (Wildman–Crippen LogP) is 1.45. The van der Waals surface area contributed by atoms with Crippen molar-refractivity contribution in [3.05, 3.63) is 36.0 Å². The molecule has 0 saturated heterocycles. The summed E-state index contributed by atoms with van der Waals surface area (Å²) in [6, 6.07) is 7.59. The second-order valence-corrected chi connectivity index (χ2v) is 3.00. The molecule has 1 heterocycles. The van der Waals surface area contributed by atoms with E-state index < -0.39 is 0 Å². The van der Waals surface area contributed by atoms with Crippen LogP contribution in [0.25, 0.3) is 10.9 Å². The van der Waals surface area contributed by atoms with E-state index in [9.17, 15) is 0 Å². The Hall–Kier alpha value is -1.55. The molecule has 0 fully saturated rings. The Bertz CT molecular complexity index is 459. The molecular formula is C10H9BNO2. The summed E-state index contributed by atoms with van der Waals surface area (Å²) < 4.78 is 5.04. The molecule has 0 spiro atoms. The Morgan fingerprint density at radius 1 is 1.36 bits per heavy atom. The smallest absolute Gasteiger partial charge is 0.537 e. The minimum atomic E-state index is 0.651. The highest BCUT2D eigenvalue weighted by Crippen LogP contribution is 2.27. The van der Waals surface area contributed by atoms with Gasteiger partial charge in [0.15, 0.2) is 0 Å². The van der Waals surface area contributed by atoms with Gasteiger partial charge in [0.25, 0.3) is 0 Å². The zero-order valence-corrected chi connectivity index (χ0v) is 7.77. The number of nitrogens with zero attached hydrogens (tertiary/aromatic N) is 1. The molecule has 0 aliphatic carbocycles. The van der Waals surface area contributed by atoms with Crippen molar-refractivity contribution in [2.45, 2.75) is 6.92 Å². The molecule has 2 aromatic rings. The van der Waals surface area contributed by atoms with Crippen molar-refractivity contribution in [3.63, 3.8) is 0 Å². The van der Waals surface area contributed by atoms with Crippen LogP contribution < -0.4 is 4.65 Å². The fourth-order valence-corrected chi connectivity index (χ4v) is 1.44. The van der Waals surface area contributed by atoms with Gasteiger partial charge in [0, 0.05) is 11.6 Å². The average molecular weight is 186 g/mol. The van der Waals surface area contributed by atoms with Crippen molar-refractivity contribution in [2.24, 2.45) is 0 Å². The van der Waals surface area contributed by atoms with E-state index in [1.54, 1.807) is 6.20 Å². The Morgan fingerprint density at radius 2 is 2.21 bits per heavy atom. The van der Waals surface area contributed by atoms with Crippen molar-refractivity contribution < 1.29 is 9.68 Å². The van der Waals surface area contributed by atoms with Gasteiger partial charge in [0.05, 0.1) is 5.52 Å². The van der Waals surface area contributed by atoms with E-state index in [4.69, 9.17) is 9.68 Å². The molecule has 14 heavy (non-hydrogen) atoms. The third kappa shape index (κ3) is 1.44. The van der Waals surface area contributed by atoms with Crippen LogP contribution in [0.2, 0.25) is 0 Å². The predicted molar refractivity (Wildman–Crippen MR) is 55.1 cm³/mol. The van der Waals surface area contributed by atoms with E-state index in [0.29, 0.717) is 13.4 Å². The van der Waals surface area contributed by atoms with Crippen LogP contribution in [0.4, 0.5) is 0 Å². The number of hydrogen-bond acceptors (Lipinski definition) is 3. The number of benzene rings is 1. The van der Waals surface area contributed by atoms with Crippen LogP contribution in [0.1, 0.15) is 5.56 Å².